The van der Waals surface area contributed by atoms with Gasteiger partial charge in [0.05, 0.1) is 0 Å². The number of fused-ring (bicyclic) bond motifs is 1. The normalized spacial score (nSPS) is 13.6. The molecule has 2 rings (SSSR count). The Kier molecular flexibility index (Phi) is 4.19. The number of hydrogen-bond acceptors (Lipinski definition) is 3. The predicted molar refractivity (Wildman–Crippen MR) is 66.9 cm³/mol. The molecule has 3 heteroatoms. The zero-order chi connectivity index (χ0) is 11.2. The molecule has 16 heavy (non-hydrogen) atoms. The first kappa shape index (κ1) is 11.4. The molecule has 3 nitrogen and oxygen atoms in total. The van der Waals surface area contributed by atoms with Crippen LogP contribution in [0.1, 0.15) is 17.5 Å². The topological polar surface area (TPSA) is 44.3 Å². The fourth-order valence-electron chi connectivity index (χ4n) is 2.08. The third-order valence-electron chi connectivity index (χ3n) is 2.98. The Morgan fingerprint density at radius 3 is 3.12 bits per heavy atom. The Bertz CT molecular complexity index is 339. The van der Waals surface area contributed by atoms with Gasteiger partial charge in [0.25, 0.3) is 0 Å². The molecule has 0 unspecified atom stereocenters. The third-order valence-corrected chi connectivity index (χ3v) is 2.98. The van der Waals surface area contributed by atoms with Gasteiger partial charge >= 0.3 is 0 Å². The van der Waals surface area contributed by atoms with Crippen molar-refractivity contribution in [1.82, 2.24) is 5.32 Å². The monoisotopic (exact) mass is 220 g/mol. The van der Waals surface area contributed by atoms with Crippen LogP contribution in [0.15, 0.2) is 18.2 Å². The van der Waals surface area contributed by atoms with Crippen LogP contribution >= 0.6 is 0 Å². The fraction of sp³-hybridized carbons (Fsp3) is 0.538. The molecule has 1 aliphatic rings. The average molecular weight is 220 g/mol. The summed E-state index contributed by atoms with van der Waals surface area (Å²) >= 11 is 0. The van der Waals surface area contributed by atoms with E-state index in [1.54, 1.807) is 0 Å². The highest BCUT2D eigenvalue weighted by Crippen LogP contribution is 2.22. The lowest BCUT2D eigenvalue weighted by Gasteiger charge is -2.06. The fourth-order valence-corrected chi connectivity index (χ4v) is 2.08. The molecule has 3 N–H and O–H groups in total. The molecule has 0 fully saturated rings. The van der Waals surface area contributed by atoms with Gasteiger partial charge in [0, 0.05) is 18.8 Å². The molecule has 1 aliphatic heterocycles. The number of hydrogen-bond donors (Lipinski definition) is 3. The Labute approximate surface area is 96.9 Å². The number of anilines is 1. The van der Waals surface area contributed by atoms with Crippen molar-refractivity contribution in [3.05, 3.63) is 29.3 Å². The van der Waals surface area contributed by atoms with Crippen molar-refractivity contribution < 1.29 is 5.11 Å². The second kappa shape index (κ2) is 5.87. The molecule has 88 valence electrons. The van der Waals surface area contributed by atoms with Crippen molar-refractivity contribution in [2.24, 2.45) is 0 Å². The maximum absolute atomic E-state index is 8.64. The predicted octanol–water partition coefficient (Wildman–Crippen LogP) is 1.17. The molecule has 0 radical (unpaired) electrons. The zero-order valence-electron chi connectivity index (χ0n) is 9.63. The van der Waals surface area contributed by atoms with Gasteiger partial charge in [-0.1, -0.05) is 12.1 Å². The third kappa shape index (κ3) is 2.97. The van der Waals surface area contributed by atoms with Crippen LogP contribution in [-0.4, -0.2) is 31.3 Å². The summed E-state index contributed by atoms with van der Waals surface area (Å²) in [5.74, 6) is 0. The zero-order valence-corrected chi connectivity index (χ0v) is 9.63. The number of rotatable bonds is 6. The van der Waals surface area contributed by atoms with Gasteiger partial charge in [0.2, 0.25) is 0 Å². The van der Waals surface area contributed by atoms with Crippen molar-refractivity contribution in [3.8, 4) is 0 Å². The number of aliphatic hydroxyl groups excluding tert-OH is 1. The lowest BCUT2D eigenvalue weighted by Crippen LogP contribution is -2.19. The maximum Gasteiger partial charge on any atom is 0.0443 e. The van der Waals surface area contributed by atoms with Gasteiger partial charge in [0.1, 0.15) is 0 Å². The minimum Gasteiger partial charge on any atom is -0.396 e. The van der Waals surface area contributed by atoms with Crippen molar-refractivity contribution >= 4 is 5.69 Å². The number of aliphatic hydroxyl groups is 1. The molecule has 0 amide bonds. The lowest BCUT2D eigenvalue weighted by molar-refractivity contribution is 0.286. The van der Waals surface area contributed by atoms with Crippen LogP contribution in [0.2, 0.25) is 0 Å². The summed E-state index contributed by atoms with van der Waals surface area (Å²) in [5, 5.41) is 15.3. The van der Waals surface area contributed by atoms with Crippen LogP contribution in [0, 0.1) is 0 Å². The summed E-state index contributed by atoms with van der Waals surface area (Å²) in [6, 6.07) is 6.69. The first-order valence-corrected chi connectivity index (χ1v) is 6.07. The lowest BCUT2D eigenvalue weighted by atomic mass is 10.1. The van der Waals surface area contributed by atoms with Crippen LogP contribution in [0.25, 0.3) is 0 Å². The van der Waals surface area contributed by atoms with E-state index < -0.39 is 0 Å². The van der Waals surface area contributed by atoms with Gasteiger partial charge in [-0.15, -0.1) is 0 Å². The molecule has 1 aromatic carbocycles. The van der Waals surface area contributed by atoms with E-state index in [1.165, 1.54) is 16.8 Å². The van der Waals surface area contributed by atoms with E-state index in [9.17, 15) is 0 Å². The molecule has 1 aromatic rings. The molecule has 0 saturated carbocycles. The van der Waals surface area contributed by atoms with E-state index in [1.807, 2.05) is 0 Å². The van der Waals surface area contributed by atoms with Crippen molar-refractivity contribution in [3.63, 3.8) is 0 Å². The minimum absolute atomic E-state index is 0.275. The standard InChI is InChI=1S/C13H20N2O/c16-9-1-6-14-7-4-11-2-3-13-12(10-11)5-8-15-13/h2-3,10,14-16H,1,4-9H2. The van der Waals surface area contributed by atoms with Crippen molar-refractivity contribution in [2.75, 3.05) is 31.6 Å². The molecule has 0 aromatic heterocycles. The van der Waals surface area contributed by atoms with Gasteiger partial charge in [0.15, 0.2) is 0 Å². The summed E-state index contributed by atoms with van der Waals surface area (Å²) in [5.41, 5.74) is 4.16. The van der Waals surface area contributed by atoms with Gasteiger partial charge in [-0.25, -0.2) is 0 Å². The highest BCUT2D eigenvalue weighted by atomic mass is 16.3. The van der Waals surface area contributed by atoms with Gasteiger partial charge in [-0.3, -0.25) is 0 Å². The Balaban J connectivity index is 1.77. The second-order valence-corrected chi connectivity index (χ2v) is 4.25. The minimum atomic E-state index is 0.275. The van der Waals surface area contributed by atoms with Crippen LogP contribution in [-0.2, 0) is 12.8 Å². The first-order chi connectivity index (χ1) is 7.90. The van der Waals surface area contributed by atoms with Crippen molar-refractivity contribution in [1.29, 1.82) is 0 Å². The maximum atomic E-state index is 8.64. The van der Waals surface area contributed by atoms with Gasteiger partial charge < -0.3 is 15.7 Å². The summed E-state index contributed by atoms with van der Waals surface area (Å²) in [6.45, 7) is 3.25. The molecule has 0 saturated heterocycles. The van der Waals surface area contributed by atoms with Gasteiger partial charge in [-0.05, 0) is 49.5 Å². The van der Waals surface area contributed by atoms with E-state index in [-0.39, 0.29) is 6.61 Å². The van der Waals surface area contributed by atoms with E-state index >= 15 is 0 Å². The summed E-state index contributed by atoms with van der Waals surface area (Å²) in [4.78, 5) is 0. The van der Waals surface area contributed by atoms with E-state index in [0.717, 1.165) is 38.9 Å². The molecular weight excluding hydrogens is 200 g/mol. The van der Waals surface area contributed by atoms with E-state index in [4.69, 9.17) is 5.11 Å². The SMILES string of the molecule is OCCCNCCc1ccc2c(c1)CCN2. The highest BCUT2D eigenvalue weighted by Gasteiger charge is 2.09. The van der Waals surface area contributed by atoms with Gasteiger partial charge in [-0.2, -0.15) is 0 Å². The summed E-state index contributed by atoms with van der Waals surface area (Å²) < 4.78 is 0. The molecule has 0 atom stereocenters. The number of benzene rings is 1. The smallest absolute Gasteiger partial charge is 0.0443 e. The van der Waals surface area contributed by atoms with Crippen LogP contribution in [0.3, 0.4) is 0 Å². The quantitative estimate of drug-likeness (QED) is 0.631. The van der Waals surface area contributed by atoms with Crippen LogP contribution in [0.5, 0.6) is 0 Å². The summed E-state index contributed by atoms with van der Waals surface area (Å²) in [7, 11) is 0. The average Bonchev–Trinajstić information content (AvgIpc) is 2.76. The molecule has 1 heterocycles. The van der Waals surface area contributed by atoms with Crippen molar-refractivity contribution in [2.45, 2.75) is 19.3 Å². The largest absolute Gasteiger partial charge is 0.396 e. The van der Waals surface area contributed by atoms with E-state index in [0.29, 0.717) is 0 Å². The van der Waals surface area contributed by atoms with E-state index in [2.05, 4.69) is 28.8 Å². The molecule has 0 bridgehead atoms. The Morgan fingerprint density at radius 1 is 1.31 bits per heavy atom. The second-order valence-electron chi connectivity index (χ2n) is 4.25. The summed E-state index contributed by atoms with van der Waals surface area (Å²) in [6.07, 6.45) is 3.06. The Hall–Kier alpha value is -1.06. The Morgan fingerprint density at radius 2 is 2.25 bits per heavy atom. The molecular formula is C13H20N2O. The van der Waals surface area contributed by atoms with Crippen LogP contribution in [0.4, 0.5) is 5.69 Å². The molecule has 0 aliphatic carbocycles. The first-order valence-electron chi connectivity index (χ1n) is 6.07. The highest BCUT2D eigenvalue weighted by molar-refractivity contribution is 5.56. The van der Waals surface area contributed by atoms with Crippen LogP contribution < -0.4 is 10.6 Å². The molecule has 0 spiro atoms. The number of nitrogens with one attached hydrogen (secondary N) is 2.